The van der Waals surface area contributed by atoms with Crippen molar-refractivity contribution in [3.8, 4) is 0 Å². The number of hydrogen-bond donors (Lipinski definition) is 0. The topological polar surface area (TPSA) is 42.4 Å². The van der Waals surface area contributed by atoms with E-state index in [0.717, 1.165) is 15.3 Å². The van der Waals surface area contributed by atoms with E-state index in [0.29, 0.717) is 19.7 Å². The zero-order valence-corrected chi connectivity index (χ0v) is 12.1. The van der Waals surface area contributed by atoms with Crippen LogP contribution in [0.5, 0.6) is 0 Å². The normalized spacial score (nSPS) is 19.1. The van der Waals surface area contributed by atoms with Gasteiger partial charge < -0.3 is 9.64 Å². The fourth-order valence-corrected chi connectivity index (χ4v) is 3.14. The highest BCUT2D eigenvalue weighted by molar-refractivity contribution is 7.13. The Morgan fingerprint density at radius 2 is 2.35 bits per heavy atom. The van der Waals surface area contributed by atoms with Crippen molar-refractivity contribution in [2.45, 2.75) is 13.0 Å². The van der Waals surface area contributed by atoms with Gasteiger partial charge in [0.25, 0.3) is 5.91 Å². The zero-order valence-electron chi connectivity index (χ0n) is 11.3. The van der Waals surface area contributed by atoms with Crippen molar-refractivity contribution >= 4 is 17.2 Å². The molecule has 0 radical (unpaired) electrons. The third-order valence-corrected chi connectivity index (χ3v) is 4.35. The second-order valence-electron chi connectivity index (χ2n) is 4.81. The predicted octanol–water partition coefficient (Wildman–Crippen LogP) is 2.67. The SMILES string of the molecule is Cc1ccc(C(=O)N2CCO[C@@H](c3cccnc3)C2)s1. The molecule has 2 aromatic rings. The minimum atomic E-state index is -0.0811. The number of pyridine rings is 1. The first-order valence-electron chi connectivity index (χ1n) is 6.61. The van der Waals surface area contributed by atoms with E-state index in [1.165, 1.54) is 0 Å². The lowest BCUT2D eigenvalue weighted by Crippen LogP contribution is -2.42. The smallest absolute Gasteiger partial charge is 0.264 e. The predicted molar refractivity (Wildman–Crippen MR) is 77.9 cm³/mol. The summed E-state index contributed by atoms with van der Waals surface area (Å²) in [4.78, 5) is 20.4. The largest absolute Gasteiger partial charge is 0.370 e. The molecule has 20 heavy (non-hydrogen) atoms. The highest BCUT2D eigenvalue weighted by Crippen LogP contribution is 2.24. The molecule has 1 saturated heterocycles. The number of nitrogens with zero attached hydrogens (tertiary/aromatic N) is 2. The van der Waals surface area contributed by atoms with Crippen LogP contribution in [0.3, 0.4) is 0 Å². The van der Waals surface area contributed by atoms with E-state index >= 15 is 0 Å². The summed E-state index contributed by atoms with van der Waals surface area (Å²) in [6, 6.07) is 7.76. The Morgan fingerprint density at radius 3 is 3.05 bits per heavy atom. The van der Waals surface area contributed by atoms with Gasteiger partial charge in [-0.2, -0.15) is 0 Å². The number of carbonyl (C=O) groups excluding carboxylic acids is 1. The maximum atomic E-state index is 12.5. The van der Waals surface area contributed by atoms with Gasteiger partial charge in [-0.1, -0.05) is 6.07 Å². The van der Waals surface area contributed by atoms with Gasteiger partial charge in [0.15, 0.2) is 0 Å². The van der Waals surface area contributed by atoms with E-state index < -0.39 is 0 Å². The number of aromatic nitrogens is 1. The van der Waals surface area contributed by atoms with Crippen LogP contribution in [-0.2, 0) is 4.74 Å². The molecule has 0 unspecified atom stereocenters. The van der Waals surface area contributed by atoms with Gasteiger partial charge in [0.2, 0.25) is 0 Å². The lowest BCUT2D eigenvalue weighted by Gasteiger charge is -2.32. The molecule has 4 nitrogen and oxygen atoms in total. The number of ether oxygens (including phenoxy) is 1. The van der Waals surface area contributed by atoms with Crippen molar-refractivity contribution in [1.29, 1.82) is 0 Å². The van der Waals surface area contributed by atoms with E-state index in [1.54, 1.807) is 23.7 Å². The van der Waals surface area contributed by atoms with Gasteiger partial charge in [0.05, 0.1) is 18.0 Å². The van der Waals surface area contributed by atoms with Gasteiger partial charge in [-0.3, -0.25) is 9.78 Å². The van der Waals surface area contributed by atoms with E-state index in [-0.39, 0.29) is 12.0 Å². The molecule has 3 heterocycles. The van der Waals surface area contributed by atoms with Gasteiger partial charge in [-0.05, 0) is 25.1 Å². The first-order chi connectivity index (χ1) is 9.74. The number of rotatable bonds is 2. The fourth-order valence-electron chi connectivity index (χ4n) is 2.31. The number of carbonyl (C=O) groups is 1. The molecule has 5 heteroatoms. The summed E-state index contributed by atoms with van der Waals surface area (Å²) in [5, 5.41) is 0. The summed E-state index contributed by atoms with van der Waals surface area (Å²) in [5.41, 5.74) is 1.02. The maximum Gasteiger partial charge on any atom is 0.264 e. The first kappa shape index (κ1) is 13.3. The van der Waals surface area contributed by atoms with Crippen molar-refractivity contribution in [2.24, 2.45) is 0 Å². The molecule has 0 N–H and O–H groups in total. The number of amides is 1. The van der Waals surface area contributed by atoms with Crippen LogP contribution in [0.2, 0.25) is 0 Å². The van der Waals surface area contributed by atoms with Gasteiger partial charge in [0.1, 0.15) is 6.10 Å². The minimum absolute atomic E-state index is 0.0811. The van der Waals surface area contributed by atoms with Crippen LogP contribution >= 0.6 is 11.3 Å². The van der Waals surface area contributed by atoms with Crippen molar-refractivity contribution in [3.63, 3.8) is 0 Å². The van der Waals surface area contributed by atoms with Crippen LogP contribution in [0.1, 0.15) is 26.2 Å². The lowest BCUT2D eigenvalue weighted by atomic mass is 10.1. The Labute approximate surface area is 122 Å². The summed E-state index contributed by atoms with van der Waals surface area (Å²) in [5.74, 6) is 0.0975. The van der Waals surface area contributed by atoms with Crippen LogP contribution in [0.4, 0.5) is 0 Å². The van der Waals surface area contributed by atoms with Gasteiger partial charge >= 0.3 is 0 Å². The fraction of sp³-hybridized carbons (Fsp3) is 0.333. The molecule has 0 saturated carbocycles. The van der Waals surface area contributed by atoms with Crippen molar-refractivity contribution in [3.05, 3.63) is 52.0 Å². The second kappa shape index (κ2) is 5.73. The molecule has 1 atom stereocenters. The minimum Gasteiger partial charge on any atom is -0.370 e. The van der Waals surface area contributed by atoms with Crippen LogP contribution in [0.25, 0.3) is 0 Å². The molecule has 1 fully saturated rings. The standard InChI is InChI=1S/C15H16N2O2S/c1-11-4-5-14(20-11)15(18)17-7-8-19-13(10-17)12-3-2-6-16-9-12/h2-6,9,13H,7-8,10H2,1H3/t13-/m1/s1. The molecule has 104 valence electrons. The molecule has 1 aliphatic heterocycles. The van der Waals surface area contributed by atoms with Crippen molar-refractivity contribution < 1.29 is 9.53 Å². The lowest BCUT2D eigenvalue weighted by molar-refractivity contribution is -0.0228. The van der Waals surface area contributed by atoms with E-state index in [9.17, 15) is 4.79 Å². The molecule has 0 bridgehead atoms. The summed E-state index contributed by atoms with van der Waals surface area (Å²) in [6.07, 6.45) is 3.46. The summed E-state index contributed by atoms with van der Waals surface area (Å²) in [7, 11) is 0. The van der Waals surface area contributed by atoms with Gasteiger partial charge in [0, 0.05) is 29.4 Å². The van der Waals surface area contributed by atoms with Crippen LogP contribution in [-0.4, -0.2) is 35.5 Å². The average molecular weight is 288 g/mol. The Kier molecular flexibility index (Phi) is 3.80. The number of aryl methyl sites for hydroxylation is 1. The third-order valence-electron chi connectivity index (χ3n) is 3.36. The Hall–Kier alpha value is -1.72. The van der Waals surface area contributed by atoms with Crippen molar-refractivity contribution in [1.82, 2.24) is 9.88 Å². The molecule has 1 aliphatic rings. The highest BCUT2D eigenvalue weighted by Gasteiger charge is 2.26. The van der Waals surface area contributed by atoms with E-state index in [2.05, 4.69) is 4.98 Å². The molecular weight excluding hydrogens is 272 g/mol. The molecule has 0 aromatic carbocycles. The second-order valence-corrected chi connectivity index (χ2v) is 6.10. The monoisotopic (exact) mass is 288 g/mol. The Morgan fingerprint density at radius 1 is 1.45 bits per heavy atom. The zero-order chi connectivity index (χ0) is 13.9. The maximum absolute atomic E-state index is 12.5. The molecule has 0 spiro atoms. The summed E-state index contributed by atoms with van der Waals surface area (Å²) in [6.45, 7) is 3.81. The molecule has 3 rings (SSSR count). The molecular formula is C15H16N2O2S. The number of morpholine rings is 1. The quantitative estimate of drug-likeness (QED) is 0.853. The highest BCUT2D eigenvalue weighted by atomic mass is 32.1. The average Bonchev–Trinajstić information content (AvgIpc) is 2.94. The molecule has 1 amide bonds. The summed E-state index contributed by atoms with van der Waals surface area (Å²) >= 11 is 1.54. The Bertz CT molecular complexity index is 597. The van der Waals surface area contributed by atoms with Gasteiger partial charge in [-0.15, -0.1) is 11.3 Å². The third kappa shape index (κ3) is 2.73. The van der Waals surface area contributed by atoms with E-state index in [4.69, 9.17) is 4.74 Å². The number of hydrogen-bond acceptors (Lipinski definition) is 4. The first-order valence-corrected chi connectivity index (χ1v) is 7.43. The van der Waals surface area contributed by atoms with Gasteiger partial charge in [-0.25, -0.2) is 0 Å². The molecule has 0 aliphatic carbocycles. The van der Waals surface area contributed by atoms with Crippen LogP contribution < -0.4 is 0 Å². The Balaban J connectivity index is 1.74. The molecule has 2 aromatic heterocycles. The van der Waals surface area contributed by atoms with Crippen LogP contribution in [0, 0.1) is 6.92 Å². The summed E-state index contributed by atoms with van der Waals surface area (Å²) < 4.78 is 5.75. The van der Waals surface area contributed by atoms with Crippen LogP contribution in [0.15, 0.2) is 36.7 Å². The van der Waals surface area contributed by atoms with E-state index in [1.807, 2.05) is 36.1 Å². The number of thiophene rings is 1. The van der Waals surface area contributed by atoms with Crippen molar-refractivity contribution in [2.75, 3.05) is 19.7 Å².